The number of halogens is 3. The zero-order valence-corrected chi connectivity index (χ0v) is 32.2. The van der Waals surface area contributed by atoms with Crippen LogP contribution in [0.5, 0.6) is 0 Å². The molecule has 0 bridgehead atoms. The summed E-state index contributed by atoms with van der Waals surface area (Å²) in [5.74, 6) is 1.11. The minimum atomic E-state index is -0.184. The molecule has 10 nitrogen and oxygen atoms in total. The Kier molecular flexibility index (Phi) is 12.8. The molecule has 2 aliphatic rings. The molecule has 0 unspecified atom stereocenters. The van der Waals surface area contributed by atoms with Gasteiger partial charge in [0.05, 0.1) is 5.02 Å². The Labute approximate surface area is 327 Å². The van der Waals surface area contributed by atoms with Crippen LogP contribution in [0.15, 0.2) is 91.3 Å². The average molecular weight is 790 g/mol. The van der Waals surface area contributed by atoms with Crippen molar-refractivity contribution in [1.29, 1.82) is 0 Å². The predicted molar refractivity (Wildman–Crippen MR) is 214 cm³/mol. The van der Waals surface area contributed by atoms with Gasteiger partial charge in [-0.2, -0.15) is 18.7 Å². The van der Waals surface area contributed by atoms with E-state index in [9.17, 15) is 4.39 Å². The second-order valence-electron chi connectivity index (χ2n) is 12.8. The van der Waals surface area contributed by atoms with Gasteiger partial charge < -0.3 is 9.80 Å². The van der Waals surface area contributed by atoms with Crippen LogP contribution in [0.25, 0.3) is 23.0 Å². The predicted octanol–water partition coefficient (Wildman–Crippen LogP) is 7.38. The maximum Gasteiger partial charge on any atom is 0.205 e. The number of nitrogens with zero attached hydrogens (tertiary/aromatic N) is 10. The van der Waals surface area contributed by atoms with E-state index in [0.29, 0.717) is 27.4 Å². The lowest BCUT2D eigenvalue weighted by Crippen LogP contribution is -2.47. The Morgan fingerprint density at radius 1 is 0.585 bits per heavy atom. The average Bonchev–Trinajstić information content (AvgIpc) is 3.90. The first-order chi connectivity index (χ1) is 25.9. The molecule has 0 atom stereocenters. The molecule has 2 aliphatic heterocycles. The van der Waals surface area contributed by atoms with Gasteiger partial charge >= 0.3 is 0 Å². The van der Waals surface area contributed by atoms with Gasteiger partial charge in [0.2, 0.25) is 10.3 Å². The van der Waals surface area contributed by atoms with E-state index < -0.39 is 0 Å². The number of benzene rings is 2. The Bertz CT molecular complexity index is 2020. The van der Waals surface area contributed by atoms with Crippen molar-refractivity contribution in [1.82, 2.24) is 38.5 Å². The van der Waals surface area contributed by atoms with Crippen molar-refractivity contribution in [2.75, 3.05) is 75.2 Å². The molecule has 2 aromatic carbocycles. The standard InChI is InChI=1S/C19H19ClFN5S.C19H20ClN5S/c20-15-5-7-22-17(13-15)18-23-19(27-24-18)26-11-9-25(10-12-26)8-6-14-1-3-16(21)4-2-14;20-16-6-7-17(21-14-16)18-22-19(26-23-18)25-12-10-24(11-13-25)9-8-15-4-2-1-3-5-15/h1-5,7,13H,6,8-12H2;1-7,14H,8-13H2. The molecule has 4 aromatic heterocycles. The van der Waals surface area contributed by atoms with Gasteiger partial charge in [0.1, 0.15) is 17.2 Å². The Balaban J connectivity index is 0.000000164. The van der Waals surface area contributed by atoms with Crippen molar-refractivity contribution in [3.05, 3.63) is 118 Å². The van der Waals surface area contributed by atoms with Crippen LogP contribution < -0.4 is 9.80 Å². The molecule has 0 saturated carbocycles. The summed E-state index contributed by atoms with van der Waals surface area (Å²) in [6.07, 6.45) is 5.33. The summed E-state index contributed by atoms with van der Waals surface area (Å²) >= 11 is 14.7. The summed E-state index contributed by atoms with van der Waals surface area (Å²) in [6, 6.07) is 24.6. The van der Waals surface area contributed by atoms with Crippen molar-refractivity contribution in [2.24, 2.45) is 0 Å². The molecule has 0 radical (unpaired) electrons. The monoisotopic (exact) mass is 788 g/mol. The van der Waals surface area contributed by atoms with Crippen LogP contribution >= 0.6 is 46.3 Å². The van der Waals surface area contributed by atoms with E-state index in [1.165, 1.54) is 46.3 Å². The summed E-state index contributed by atoms with van der Waals surface area (Å²) in [6.45, 7) is 9.96. The lowest BCUT2D eigenvalue weighted by molar-refractivity contribution is 0.261. The fraction of sp³-hybridized carbons (Fsp3) is 0.316. The Morgan fingerprint density at radius 2 is 1.15 bits per heavy atom. The minimum Gasteiger partial charge on any atom is -0.344 e. The maximum atomic E-state index is 13.0. The second kappa shape index (κ2) is 18.3. The van der Waals surface area contributed by atoms with Crippen LogP contribution in [-0.4, -0.2) is 104 Å². The largest absolute Gasteiger partial charge is 0.344 e. The number of piperazine rings is 2. The van der Waals surface area contributed by atoms with Gasteiger partial charge in [-0.1, -0.05) is 65.7 Å². The van der Waals surface area contributed by atoms with E-state index >= 15 is 0 Å². The Morgan fingerprint density at radius 3 is 1.70 bits per heavy atom. The van der Waals surface area contributed by atoms with E-state index in [1.807, 2.05) is 24.3 Å². The lowest BCUT2D eigenvalue weighted by Gasteiger charge is -2.34. The molecule has 6 heterocycles. The molecule has 53 heavy (non-hydrogen) atoms. The van der Waals surface area contributed by atoms with Crippen molar-refractivity contribution in [2.45, 2.75) is 12.8 Å². The first kappa shape index (κ1) is 37.2. The van der Waals surface area contributed by atoms with Crippen LogP contribution in [0.4, 0.5) is 14.7 Å². The highest BCUT2D eigenvalue weighted by molar-refractivity contribution is 7.10. The van der Waals surface area contributed by atoms with Crippen molar-refractivity contribution in [3.8, 4) is 23.0 Å². The number of pyridine rings is 2. The van der Waals surface area contributed by atoms with E-state index in [1.54, 1.807) is 24.5 Å². The number of hydrogen-bond acceptors (Lipinski definition) is 12. The highest BCUT2D eigenvalue weighted by Crippen LogP contribution is 2.26. The molecule has 0 amide bonds. The number of anilines is 2. The summed E-state index contributed by atoms with van der Waals surface area (Å²) in [4.78, 5) is 27.4. The van der Waals surface area contributed by atoms with Crippen LogP contribution in [0.2, 0.25) is 10.0 Å². The molecule has 2 fully saturated rings. The first-order valence-electron chi connectivity index (χ1n) is 17.6. The van der Waals surface area contributed by atoms with Gasteiger partial charge in [0, 0.05) is 106 Å². The van der Waals surface area contributed by atoms with Gasteiger partial charge in [-0.25, -0.2) is 4.39 Å². The second-order valence-corrected chi connectivity index (χ2v) is 15.1. The van der Waals surface area contributed by atoms with E-state index in [4.69, 9.17) is 23.2 Å². The van der Waals surface area contributed by atoms with Crippen LogP contribution in [-0.2, 0) is 12.8 Å². The van der Waals surface area contributed by atoms with Gasteiger partial charge in [-0.05, 0) is 60.4 Å². The first-order valence-corrected chi connectivity index (χ1v) is 19.9. The van der Waals surface area contributed by atoms with E-state index in [-0.39, 0.29) is 5.82 Å². The van der Waals surface area contributed by atoms with Crippen LogP contribution in [0, 0.1) is 5.82 Å². The topological polar surface area (TPSA) is 90.3 Å². The van der Waals surface area contributed by atoms with E-state index in [0.717, 1.165) is 94.2 Å². The molecule has 0 aliphatic carbocycles. The smallest absolute Gasteiger partial charge is 0.205 e. The number of aromatic nitrogens is 6. The summed E-state index contributed by atoms with van der Waals surface area (Å²) in [5.41, 5.74) is 4.03. The normalized spacial score (nSPS) is 15.3. The van der Waals surface area contributed by atoms with Gasteiger partial charge in [0.15, 0.2) is 11.6 Å². The number of rotatable bonds is 10. The SMILES string of the molecule is Clc1ccc(-c2nsc(N3CCN(CCc4ccccc4)CC3)n2)nc1.Fc1ccc(CCN2CCN(c3nc(-c4cc(Cl)ccn4)ns3)CC2)cc1. The van der Waals surface area contributed by atoms with Gasteiger partial charge in [-0.3, -0.25) is 19.8 Å². The number of hydrogen-bond donors (Lipinski definition) is 0. The van der Waals surface area contributed by atoms with Crippen LogP contribution in [0.1, 0.15) is 11.1 Å². The Hall–Kier alpha value is -4.11. The molecule has 0 N–H and O–H groups in total. The lowest BCUT2D eigenvalue weighted by atomic mass is 10.1. The van der Waals surface area contributed by atoms with Crippen molar-refractivity contribution in [3.63, 3.8) is 0 Å². The van der Waals surface area contributed by atoms with Crippen molar-refractivity contribution >= 4 is 56.5 Å². The molecule has 0 spiro atoms. The van der Waals surface area contributed by atoms with E-state index in [2.05, 4.69) is 78.6 Å². The fourth-order valence-electron chi connectivity index (χ4n) is 6.13. The van der Waals surface area contributed by atoms with Gasteiger partial charge in [0.25, 0.3) is 0 Å². The third kappa shape index (κ3) is 10.5. The zero-order valence-electron chi connectivity index (χ0n) is 29.1. The molecular formula is C38H39Cl2FN10S2. The minimum absolute atomic E-state index is 0.184. The summed E-state index contributed by atoms with van der Waals surface area (Å²) in [5, 5.41) is 3.14. The molecule has 2 saturated heterocycles. The third-order valence-electron chi connectivity index (χ3n) is 9.21. The maximum absolute atomic E-state index is 13.0. The fourth-order valence-corrected chi connectivity index (χ4v) is 7.85. The molecule has 6 aromatic rings. The van der Waals surface area contributed by atoms with Crippen molar-refractivity contribution < 1.29 is 4.39 Å². The molecule has 8 rings (SSSR count). The third-order valence-corrected chi connectivity index (χ3v) is 11.2. The molecular weight excluding hydrogens is 751 g/mol. The summed E-state index contributed by atoms with van der Waals surface area (Å²) < 4.78 is 21.9. The molecule has 15 heteroatoms. The van der Waals surface area contributed by atoms with Crippen LogP contribution in [0.3, 0.4) is 0 Å². The quantitative estimate of drug-likeness (QED) is 0.140. The highest BCUT2D eigenvalue weighted by atomic mass is 35.5. The summed E-state index contributed by atoms with van der Waals surface area (Å²) in [7, 11) is 0. The highest BCUT2D eigenvalue weighted by Gasteiger charge is 2.22. The molecule has 274 valence electrons. The van der Waals surface area contributed by atoms with Gasteiger partial charge in [-0.15, -0.1) is 0 Å². The zero-order chi connectivity index (χ0) is 36.4.